The van der Waals surface area contributed by atoms with Crippen LogP contribution >= 0.6 is 15.9 Å². The van der Waals surface area contributed by atoms with E-state index in [1.165, 1.54) is 5.56 Å². The molecule has 1 aromatic heterocycles. The summed E-state index contributed by atoms with van der Waals surface area (Å²) in [6.45, 7) is 4.90. The van der Waals surface area contributed by atoms with Gasteiger partial charge in [-0.15, -0.1) is 0 Å². The molecule has 0 aliphatic rings. The highest BCUT2D eigenvalue weighted by Crippen LogP contribution is 2.19. The second-order valence-electron chi connectivity index (χ2n) is 4.52. The van der Waals surface area contributed by atoms with Crippen LogP contribution in [0.15, 0.2) is 47.2 Å². The maximum Gasteiger partial charge on any atom is 0.119 e. The number of rotatable bonds is 4. The van der Waals surface area contributed by atoms with Gasteiger partial charge in [-0.3, -0.25) is 4.98 Å². The van der Waals surface area contributed by atoms with Gasteiger partial charge >= 0.3 is 0 Å². The molecule has 0 bridgehead atoms. The van der Waals surface area contributed by atoms with Crippen LogP contribution in [0.25, 0.3) is 0 Å². The number of hydrogen-bond donors (Lipinski definition) is 0. The van der Waals surface area contributed by atoms with Gasteiger partial charge in [-0.2, -0.15) is 0 Å². The van der Waals surface area contributed by atoms with Gasteiger partial charge in [0.1, 0.15) is 12.4 Å². The molecule has 0 N–H and O–H groups in total. The third-order valence-electron chi connectivity index (χ3n) is 2.71. The van der Waals surface area contributed by atoms with Gasteiger partial charge in [0.2, 0.25) is 0 Å². The highest BCUT2D eigenvalue weighted by atomic mass is 79.9. The van der Waals surface area contributed by atoms with Crippen molar-refractivity contribution in [1.82, 2.24) is 4.98 Å². The van der Waals surface area contributed by atoms with Crippen LogP contribution in [0.1, 0.15) is 30.9 Å². The molecule has 0 radical (unpaired) electrons. The number of pyridine rings is 1. The van der Waals surface area contributed by atoms with E-state index in [9.17, 15) is 0 Å². The molecule has 94 valence electrons. The van der Waals surface area contributed by atoms with E-state index in [0.29, 0.717) is 12.5 Å². The van der Waals surface area contributed by atoms with E-state index in [2.05, 4.69) is 46.9 Å². The van der Waals surface area contributed by atoms with Crippen molar-refractivity contribution in [3.8, 4) is 5.75 Å². The fourth-order valence-corrected chi connectivity index (χ4v) is 2.06. The summed E-state index contributed by atoms with van der Waals surface area (Å²) in [4.78, 5) is 4.11. The van der Waals surface area contributed by atoms with Crippen molar-refractivity contribution in [3.63, 3.8) is 0 Å². The predicted molar refractivity (Wildman–Crippen MR) is 76.8 cm³/mol. The lowest BCUT2D eigenvalue weighted by molar-refractivity contribution is 0.305. The largest absolute Gasteiger partial charge is 0.489 e. The number of halogens is 1. The zero-order valence-electron chi connectivity index (χ0n) is 10.6. The summed E-state index contributed by atoms with van der Waals surface area (Å²) in [5.41, 5.74) is 2.38. The Balaban J connectivity index is 1.98. The average molecular weight is 306 g/mol. The number of hydrogen-bond acceptors (Lipinski definition) is 2. The van der Waals surface area contributed by atoms with E-state index in [4.69, 9.17) is 4.74 Å². The lowest BCUT2D eigenvalue weighted by atomic mass is 10.0. The van der Waals surface area contributed by atoms with Crippen LogP contribution in [0, 0.1) is 0 Å². The molecule has 0 saturated heterocycles. The summed E-state index contributed by atoms with van der Waals surface area (Å²) in [6, 6.07) is 10.3. The van der Waals surface area contributed by atoms with Crippen molar-refractivity contribution in [2.24, 2.45) is 0 Å². The first kappa shape index (κ1) is 13.1. The first-order valence-corrected chi connectivity index (χ1v) is 6.76. The molecule has 2 rings (SSSR count). The summed E-state index contributed by atoms with van der Waals surface area (Å²) in [5.74, 6) is 1.44. The molecule has 0 aliphatic carbocycles. The third-order valence-corrected chi connectivity index (χ3v) is 3.15. The summed E-state index contributed by atoms with van der Waals surface area (Å²) >= 11 is 3.40. The summed E-state index contributed by atoms with van der Waals surface area (Å²) in [6.07, 6.45) is 3.58. The van der Waals surface area contributed by atoms with Crippen LogP contribution in [0.4, 0.5) is 0 Å². The monoisotopic (exact) mass is 305 g/mol. The van der Waals surface area contributed by atoms with Gasteiger partial charge in [-0.25, -0.2) is 0 Å². The minimum Gasteiger partial charge on any atom is -0.489 e. The normalized spacial score (nSPS) is 10.7. The summed E-state index contributed by atoms with van der Waals surface area (Å²) in [7, 11) is 0. The SMILES string of the molecule is CC(C)c1ccc(OCc2cncc(Br)c2)cc1. The van der Waals surface area contributed by atoms with Gasteiger partial charge in [0, 0.05) is 22.4 Å². The molecule has 3 heteroatoms. The number of ether oxygens (including phenoxy) is 1. The molecule has 0 spiro atoms. The minimum atomic E-state index is 0.535. The van der Waals surface area contributed by atoms with E-state index in [0.717, 1.165) is 15.8 Å². The van der Waals surface area contributed by atoms with Crippen LogP contribution in [-0.4, -0.2) is 4.98 Å². The molecular weight excluding hydrogens is 290 g/mol. The number of nitrogens with zero attached hydrogens (tertiary/aromatic N) is 1. The maximum atomic E-state index is 5.72. The predicted octanol–water partition coefficient (Wildman–Crippen LogP) is 4.55. The molecule has 0 aliphatic heterocycles. The second-order valence-corrected chi connectivity index (χ2v) is 5.44. The van der Waals surface area contributed by atoms with Crippen molar-refractivity contribution in [2.75, 3.05) is 0 Å². The quantitative estimate of drug-likeness (QED) is 0.827. The lowest BCUT2D eigenvalue weighted by Gasteiger charge is -2.09. The van der Waals surface area contributed by atoms with Crippen molar-refractivity contribution in [1.29, 1.82) is 0 Å². The molecule has 1 heterocycles. The van der Waals surface area contributed by atoms with Crippen molar-refractivity contribution in [3.05, 3.63) is 58.3 Å². The maximum absolute atomic E-state index is 5.72. The Labute approximate surface area is 116 Å². The fourth-order valence-electron chi connectivity index (χ4n) is 1.65. The molecule has 18 heavy (non-hydrogen) atoms. The standard InChI is InChI=1S/C15H16BrNO/c1-11(2)13-3-5-15(6-4-13)18-10-12-7-14(16)9-17-8-12/h3-9,11H,10H2,1-2H3. The molecule has 0 unspecified atom stereocenters. The van der Waals surface area contributed by atoms with Gasteiger partial charge in [0.25, 0.3) is 0 Å². The first-order valence-electron chi connectivity index (χ1n) is 5.97. The Morgan fingerprint density at radius 2 is 1.89 bits per heavy atom. The molecule has 0 fully saturated rings. The Kier molecular flexibility index (Phi) is 4.37. The van der Waals surface area contributed by atoms with Crippen molar-refractivity contribution in [2.45, 2.75) is 26.4 Å². The third kappa shape index (κ3) is 3.57. The second kappa shape index (κ2) is 6.01. The van der Waals surface area contributed by atoms with E-state index < -0.39 is 0 Å². The zero-order chi connectivity index (χ0) is 13.0. The molecule has 1 aromatic carbocycles. The summed E-state index contributed by atoms with van der Waals surface area (Å²) < 4.78 is 6.69. The fraction of sp³-hybridized carbons (Fsp3) is 0.267. The molecule has 0 amide bonds. The van der Waals surface area contributed by atoms with Crippen LogP contribution < -0.4 is 4.74 Å². The summed E-state index contributed by atoms with van der Waals surface area (Å²) in [5, 5.41) is 0. The van der Waals surface area contributed by atoms with E-state index in [1.54, 1.807) is 6.20 Å². The number of aromatic nitrogens is 1. The van der Waals surface area contributed by atoms with Gasteiger partial charge in [-0.1, -0.05) is 26.0 Å². The molecule has 0 atom stereocenters. The number of benzene rings is 1. The molecular formula is C15H16BrNO. The molecule has 2 aromatic rings. The molecule has 2 nitrogen and oxygen atoms in total. The Morgan fingerprint density at radius 1 is 1.17 bits per heavy atom. The van der Waals surface area contributed by atoms with Crippen LogP contribution in [0.2, 0.25) is 0 Å². The van der Waals surface area contributed by atoms with Gasteiger partial charge < -0.3 is 4.74 Å². The van der Waals surface area contributed by atoms with Gasteiger partial charge in [0.15, 0.2) is 0 Å². The lowest BCUT2D eigenvalue weighted by Crippen LogP contribution is -1.96. The Morgan fingerprint density at radius 3 is 2.50 bits per heavy atom. The highest BCUT2D eigenvalue weighted by Gasteiger charge is 2.00. The van der Waals surface area contributed by atoms with E-state index in [1.807, 2.05) is 24.4 Å². The van der Waals surface area contributed by atoms with Gasteiger partial charge in [-0.05, 0) is 45.6 Å². The van der Waals surface area contributed by atoms with Crippen LogP contribution in [0.3, 0.4) is 0 Å². The average Bonchev–Trinajstić information content (AvgIpc) is 2.37. The van der Waals surface area contributed by atoms with Crippen molar-refractivity contribution >= 4 is 15.9 Å². The van der Waals surface area contributed by atoms with E-state index >= 15 is 0 Å². The first-order chi connectivity index (χ1) is 8.65. The Bertz CT molecular complexity index is 508. The van der Waals surface area contributed by atoms with Gasteiger partial charge in [0.05, 0.1) is 0 Å². The van der Waals surface area contributed by atoms with Crippen LogP contribution in [-0.2, 0) is 6.61 Å². The smallest absolute Gasteiger partial charge is 0.119 e. The Hall–Kier alpha value is -1.35. The van der Waals surface area contributed by atoms with Crippen molar-refractivity contribution < 1.29 is 4.74 Å². The highest BCUT2D eigenvalue weighted by molar-refractivity contribution is 9.10. The van der Waals surface area contributed by atoms with Crippen LogP contribution in [0.5, 0.6) is 5.75 Å². The topological polar surface area (TPSA) is 22.1 Å². The molecule has 0 saturated carbocycles. The van der Waals surface area contributed by atoms with E-state index in [-0.39, 0.29) is 0 Å². The minimum absolute atomic E-state index is 0.535. The zero-order valence-corrected chi connectivity index (χ0v) is 12.1.